The van der Waals surface area contributed by atoms with Crippen LogP contribution in [0.5, 0.6) is 0 Å². The maximum atomic E-state index is 2.23. The first kappa shape index (κ1) is 13.8. The summed E-state index contributed by atoms with van der Waals surface area (Å²) < 4.78 is 0. The summed E-state index contributed by atoms with van der Waals surface area (Å²) in [5, 5.41) is 5.25. The van der Waals surface area contributed by atoms with Crippen molar-refractivity contribution in [3.63, 3.8) is 0 Å². The van der Waals surface area contributed by atoms with E-state index in [9.17, 15) is 0 Å². The average molecular weight is 294 g/mol. The van der Waals surface area contributed by atoms with Crippen LogP contribution in [0.1, 0.15) is 12.5 Å². The molecule has 0 saturated heterocycles. The van der Waals surface area contributed by atoms with Crippen LogP contribution in [0.3, 0.4) is 0 Å². The molecule has 0 fully saturated rings. The van der Waals surface area contributed by atoms with Gasteiger partial charge in [0.2, 0.25) is 0 Å². The number of benzene rings is 4. The third kappa shape index (κ3) is 2.24. The molecule has 0 nitrogen and oxygen atoms in total. The van der Waals surface area contributed by atoms with Gasteiger partial charge < -0.3 is 0 Å². The Morgan fingerprint density at radius 1 is 0.565 bits per heavy atom. The molecule has 0 radical (unpaired) electrons. The second-order valence-electron chi connectivity index (χ2n) is 5.75. The minimum atomic E-state index is 1.27. The number of hydrogen-bond acceptors (Lipinski definition) is 0. The van der Waals surface area contributed by atoms with Gasteiger partial charge >= 0.3 is 0 Å². The topological polar surface area (TPSA) is 0 Å². The SMILES string of the molecule is C/C=C/c1c(-c2ccccc2)c2ccccc2c2ccccc12. The zero-order chi connectivity index (χ0) is 15.6. The Bertz CT molecular complexity index is 1010. The smallest absolute Gasteiger partial charge is 0.00265 e. The summed E-state index contributed by atoms with van der Waals surface area (Å²) in [5.74, 6) is 0. The zero-order valence-corrected chi connectivity index (χ0v) is 13.2. The van der Waals surface area contributed by atoms with E-state index in [0.29, 0.717) is 0 Å². The Labute approximate surface area is 136 Å². The first-order valence-electron chi connectivity index (χ1n) is 8.01. The largest absolute Gasteiger partial charge is 0.0870 e. The van der Waals surface area contributed by atoms with Crippen molar-refractivity contribution in [1.82, 2.24) is 0 Å². The van der Waals surface area contributed by atoms with Gasteiger partial charge in [-0.15, -0.1) is 0 Å². The van der Waals surface area contributed by atoms with Gasteiger partial charge in [0, 0.05) is 0 Å². The van der Waals surface area contributed by atoms with E-state index < -0.39 is 0 Å². The normalized spacial score (nSPS) is 11.5. The lowest BCUT2D eigenvalue weighted by Gasteiger charge is -2.15. The minimum Gasteiger partial charge on any atom is -0.0870 e. The third-order valence-electron chi connectivity index (χ3n) is 4.37. The monoisotopic (exact) mass is 294 g/mol. The minimum absolute atomic E-state index is 1.27. The fourth-order valence-electron chi connectivity index (χ4n) is 3.42. The van der Waals surface area contributed by atoms with Crippen LogP contribution >= 0.6 is 0 Å². The number of hydrogen-bond donors (Lipinski definition) is 0. The molecule has 4 rings (SSSR count). The number of fused-ring (bicyclic) bond motifs is 3. The molecule has 23 heavy (non-hydrogen) atoms. The Kier molecular flexibility index (Phi) is 3.44. The lowest BCUT2D eigenvalue weighted by molar-refractivity contribution is 1.64. The maximum absolute atomic E-state index is 2.23. The highest BCUT2D eigenvalue weighted by Crippen LogP contribution is 2.39. The first-order valence-corrected chi connectivity index (χ1v) is 8.01. The van der Waals surface area contributed by atoms with Crippen molar-refractivity contribution >= 4 is 27.6 Å². The molecule has 0 unspecified atom stereocenters. The van der Waals surface area contributed by atoms with Crippen molar-refractivity contribution in [3.8, 4) is 11.1 Å². The van der Waals surface area contributed by atoms with Crippen LogP contribution in [0.2, 0.25) is 0 Å². The summed E-state index contributed by atoms with van der Waals surface area (Å²) in [7, 11) is 0. The van der Waals surface area contributed by atoms with Gasteiger partial charge in [0.05, 0.1) is 0 Å². The van der Waals surface area contributed by atoms with Crippen molar-refractivity contribution < 1.29 is 0 Å². The summed E-state index contributed by atoms with van der Waals surface area (Å²) in [6.07, 6.45) is 4.36. The average Bonchev–Trinajstić information content (AvgIpc) is 2.63. The summed E-state index contributed by atoms with van der Waals surface area (Å²) >= 11 is 0. The maximum Gasteiger partial charge on any atom is -0.00265 e. The van der Waals surface area contributed by atoms with Crippen molar-refractivity contribution in [2.75, 3.05) is 0 Å². The third-order valence-corrected chi connectivity index (χ3v) is 4.37. The summed E-state index contributed by atoms with van der Waals surface area (Å²) in [5.41, 5.74) is 3.88. The van der Waals surface area contributed by atoms with Crippen LogP contribution in [0.4, 0.5) is 0 Å². The molecule has 0 aliphatic rings. The molecule has 0 bridgehead atoms. The summed E-state index contributed by atoms with van der Waals surface area (Å²) in [4.78, 5) is 0. The number of rotatable bonds is 2. The van der Waals surface area contributed by atoms with E-state index in [1.54, 1.807) is 0 Å². The van der Waals surface area contributed by atoms with Gasteiger partial charge in [-0.2, -0.15) is 0 Å². The molecule has 0 atom stereocenters. The van der Waals surface area contributed by atoms with Gasteiger partial charge in [0.25, 0.3) is 0 Å². The van der Waals surface area contributed by atoms with E-state index >= 15 is 0 Å². The molecule has 4 aromatic rings. The molecule has 0 heteroatoms. The molecule has 0 heterocycles. The Balaban J connectivity index is 2.28. The lowest BCUT2D eigenvalue weighted by Crippen LogP contribution is -1.90. The van der Waals surface area contributed by atoms with Crippen LogP contribution in [0.25, 0.3) is 38.7 Å². The van der Waals surface area contributed by atoms with Crippen LogP contribution in [-0.4, -0.2) is 0 Å². The molecule has 0 saturated carbocycles. The van der Waals surface area contributed by atoms with E-state index in [1.165, 1.54) is 38.2 Å². The Hall–Kier alpha value is -2.86. The fourth-order valence-corrected chi connectivity index (χ4v) is 3.42. The molecule has 110 valence electrons. The first-order chi connectivity index (χ1) is 11.4. The molecule has 0 spiro atoms. The van der Waals surface area contributed by atoms with Crippen LogP contribution in [-0.2, 0) is 0 Å². The quantitative estimate of drug-likeness (QED) is 0.361. The Morgan fingerprint density at radius 3 is 1.74 bits per heavy atom. The van der Waals surface area contributed by atoms with Gasteiger partial charge in [-0.1, -0.05) is 91.0 Å². The van der Waals surface area contributed by atoms with Gasteiger partial charge in [-0.05, 0) is 45.2 Å². The van der Waals surface area contributed by atoms with Gasteiger partial charge in [0.15, 0.2) is 0 Å². The molecular formula is C23H18. The number of allylic oxidation sites excluding steroid dienone is 1. The lowest BCUT2D eigenvalue weighted by atomic mass is 9.88. The van der Waals surface area contributed by atoms with E-state index in [0.717, 1.165) is 0 Å². The zero-order valence-electron chi connectivity index (χ0n) is 13.2. The van der Waals surface area contributed by atoms with Crippen LogP contribution in [0, 0.1) is 0 Å². The highest BCUT2D eigenvalue weighted by atomic mass is 14.2. The molecular weight excluding hydrogens is 276 g/mol. The molecule has 0 aliphatic heterocycles. The van der Waals surface area contributed by atoms with Crippen molar-refractivity contribution in [3.05, 3.63) is 90.5 Å². The van der Waals surface area contributed by atoms with Crippen LogP contribution < -0.4 is 0 Å². The van der Waals surface area contributed by atoms with Crippen molar-refractivity contribution in [2.24, 2.45) is 0 Å². The molecule has 0 aromatic heterocycles. The highest BCUT2D eigenvalue weighted by molar-refractivity contribution is 6.18. The van der Waals surface area contributed by atoms with Gasteiger partial charge in [-0.25, -0.2) is 0 Å². The standard InChI is InChI=1S/C23H18/c1-2-10-21-19-14-7-6-13-18(19)20-15-8-9-16-22(20)23(21)17-11-4-3-5-12-17/h2-16H,1H3/b10-2+. The fraction of sp³-hybridized carbons (Fsp3) is 0.0435. The molecule has 4 aromatic carbocycles. The Morgan fingerprint density at radius 2 is 1.09 bits per heavy atom. The van der Waals surface area contributed by atoms with E-state index in [2.05, 4.69) is 97.9 Å². The highest BCUT2D eigenvalue weighted by Gasteiger charge is 2.13. The summed E-state index contributed by atoms with van der Waals surface area (Å²) in [6, 6.07) is 28.1. The predicted molar refractivity (Wildman–Crippen MR) is 102 cm³/mol. The molecule has 0 amide bonds. The van der Waals surface area contributed by atoms with E-state index in [1.807, 2.05) is 0 Å². The van der Waals surface area contributed by atoms with Gasteiger partial charge in [-0.3, -0.25) is 0 Å². The predicted octanol–water partition coefficient (Wildman–Crippen LogP) is 6.69. The summed E-state index contributed by atoms with van der Waals surface area (Å²) in [6.45, 7) is 2.08. The molecule has 0 aliphatic carbocycles. The van der Waals surface area contributed by atoms with E-state index in [4.69, 9.17) is 0 Å². The second kappa shape index (κ2) is 5.73. The van der Waals surface area contributed by atoms with Crippen molar-refractivity contribution in [1.29, 1.82) is 0 Å². The second-order valence-corrected chi connectivity index (χ2v) is 5.75. The van der Waals surface area contributed by atoms with Crippen LogP contribution in [0.15, 0.2) is 84.9 Å². The van der Waals surface area contributed by atoms with Gasteiger partial charge in [0.1, 0.15) is 0 Å². The van der Waals surface area contributed by atoms with Crippen molar-refractivity contribution in [2.45, 2.75) is 6.92 Å². The molecule has 0 N–H and O–H groups in total. The van der Waals surface area contributed by atoms with E-state index in [-0.39, 0.29) is 0 Å².